The van der Waals surface area contributed by atoms with Crippen molar-refractivity contribution in [2.24, 2.45) is 0 Å². The average molecular weight is 335 g/mol. The van der Waals surface area contributed by atoms with Crippen molar-refractivity contribution in [3.05, 3.63) is 0 Å². The summed E-state index contributed by atoms with van der Waals surface area (Å²) in [5, 5.41) is 3.16. The summed E-state index contributed by atoms with van der Waals surface area (Å²) in [6.07, 6.45) is 0. The summed E-state index contributed by atoms with van der Waals surface area (Å²) in [5.74, 6) is 0. The van der Waals surface area contributed by atoms with Gasteiger partial charge in [-0.2, -0.15) is 0 Å². The van der Waals surface area contributed by atoms with Crippen LogP contribution in [0.2, 0.25) is 0 Å². The first-order chi connectivity index (χ1) is 5.00. The van der Waals surface area contributed by atoms with E-state index in [1.807, 2.05) is 0 Å². The van der Waals surface area contributed by atoms with Gasteiger partial charge in [0.05, 0.1) is 13.2 Å². The molecule has 0 unspecified atom stereocenters. The summed E-state index contributed by atoms with van der Waals surface area (Å²) in [6.45, 7) is 3.83. The van der Waals surface area contributed by atoms with E-state index in [1.54, 1.807) is 0 Å². The second kappa shape index (κ2) is 31.4. The third kappa shape index (κ3) is 81.2. The number of hydrogen-bond donors (Lipinski definition) is 1. The molecule has 18 heavy (non-hydrogen) atoms. The van der Waals surface area contributed by atoms with E-state index in [2.05, 4.69) is 16.5 Å². The fraction of sp³-hybridized carbons (Fsp3) is 1.00. The smallest absolute Gasteiger partial charge is 0.780 e. The molecule has 1 heterocycles. The van der Waals surface area contributed by atoms with Crippen LogP contribution < -0.4 is 64.4 Å². The van der Waals surface area contributed by atoms with Crippen LogP contribution in [0.3, 0.4) is 0 Å². The molecule has 1 rings (SSSR count). The van der Waals surface area contributed by atoms with Crippen LogP contribution >= 0.6 is 0 Å². The third-order valence-electron chi connectivity index (χ3n) is 0.846. The zero-order valence-corrected chi connectivity index (χ0v) is 15.9. The summed E-state index contributed by atoms with van der Waals surface area (Å²) >= 11 is 3.24. The monoisotopic (exact) mass is 335 g/mol. The molecule has 0 saturated carbocycles. The van der Waals surface area contributed by atoms with Crippen LogP contribution in [0.1, 0.15) is 0 Å². The first kappa shape index (κ1) is 50.1. The minimum atomic E-state index is -4.33. The molecule has 0 amide bonds. The molecule has 0 atom stereocenters. The van der Waals surface area contributed by atoms with Crippen LogP contribution in [0.5, 0.6) is 0 Å². The van der Waals surface area contributed by atoms with Crippen molar-refractivity contribution in [2.75, 3.05) is 26.3 Å². The van der Waals surface area contributed by atoms with Gasteiger partial charge in [0.1, 0.15) is 0 Å². The van der Waals surface area contributed by atoms with Crippen molar-refractivity contribution in [1.82, 2.24) is 5.32 Å². The van der Waals surface area contributed by atoms with Gasteiger partial charge in [-0.3, -0.25) is 4.21 Å². The summed E-state index contributed by atoms with van der Waals surface area (Å²) in [5.41, 5.74) is 0. The van der Waals surface area contributed by atoms with Gasteiger partial charge in [-0.05, 0) is 11.2 Å². The molecular weight excluding hydrogens is 316 g/mol. The normalized spacial score (nSPS) is 11.2. The van der Waals surface area contributed by atoms with Crippen LogP contribution in [0.25, 0.3) is 0 Å². The van der Waals surface area contributed by atoms with Crippen molar-refractivity contribution >= 4 is 20.2 Å². The van der Waals surface area contributed by atoms with Crippen molar-refractivity contribution in [3.8, 4) is 0 Å². The molecule has 0 aromatic heterocycles. The van der Waals surface area contributed by atoms with Crippen LogP contribution in [-0.2, 0) is 25.0 Å². The summed E-state index contributed by atoms with van der Waals surface area (Å²) in [7, 11) is -4.33. The predicted octanol–water partition coefficient (Wildman–Crippen LogP) is -11.5. The van der Waals surface area contributed by atoms with Gasteiger partial charge in [-0.25, -0.2) is 0 Å². The Balaban J connectivity index is -0.0000000135. The number of nitrogens with one attached hydrogen (secondary N) is 1. The Hall–Kier alpha value is 2.01. The van der Waals surface area contributed by atoms with E-state index in [0.717, 1.165) is 26.3 Å². The Labute approximate surface area is 155 Å². The van der Waals surface area contributed by atoms with E-state index < -0.39 is 9.05 Å². The van der Waals surface area contributed by atoms with Crippen LogP contribution in [-0.4, -0.2) is 67.0 Å². The maximum absolute atomic E-state index is 8.89. The zero-order valence-electron chi connectivity index (χ0n) is 10.3. The number of hydrogen-bond acceptors (Lipinski definition) is 6. The van der Waals surface area contributed by atoms with E-state index in [0.29, 0.717) is 0 Å². The maximum Gasteiger partial charge on any atom is 1.00 e. The van der Waals surface area contributed by atoms with Crippen LogP contribution in [0.4, 0.5) is 0 Å². The SMILES string of the molecule is C1COCCN1.O.O.O.O.O.O=S([O-])([O-])=S.[Na+].[Na+]. The molecular formula is C4H19NNa2O9S2. The molecule has 0 aromatic rings. The van der Waals surface area contributed by atoms with Crippen LogP contribution in [0.15, 0.2) is 0 Å². The van der Waals surface area contributed by atoms with Crippen molar-refractivity contribution < 1.29 is 105 Å². The fourth-order valence-electron chi connectivity index (χ4n) is 0.516. The molecule has 0 bridgehead atoms. The topological polar surface area (TPSA) is 242 Å². The van der Waals surface area contributed by atoms with E-state index in [1.165, 1.54) is 0 Å². The molecule has 1 saturated heterocycles. The van der Waals surface area contributed by atoms with Gasteiger partial charge in [-0.15, -0.1) is 9.05 Å². The quantitative estimate of drug-likeness (QED) is 0.420. The van der Waals surface area contributed by atoms with Crippen molar-refractivity contribution in [1.29, 1.82) is 0 Å². The van der Waals surface area contributed by atoms with E-state index >= 15 is 0 Å². The van der Waals surface area contributed by atoms with Gasteiger partial charge >= 0.3 is 59.1 Å². The van der Waals surface area contributed by atoms with Gasteiger partial charge in [0.25, 0.3) is 0 Å². The molecule has 1 aliphatic rings. The summed E-state index contributed by atoms with van der Waals surface area (Å²) < 4.78 is 31.7. The van der Waals surface area contributed by atoms with E-state index in [-0.39, 0.29) is 86.5 Å². The molecule has 11 N–H and O–H groups in total. The van der Waals surface area contributed by atoms with Gasteiger partial charge in [0.2, 0.25) is 0 Å². The largest absolute Gasteiger partial charge is 1.00 e. The summed E-state index contributed by atoms with van der Waals surface area (Å²) in [4.78, 5) is 0. The molecule has 0 aromatic carbocycles. The Kier molecular flexibility index (Phi) is 87.5. The molecule has 0 aliphatic carbocycles. The number of morpholine rings is 1. The summed E-state index contributed by atoms with van der Waals surface area (Å²) in [6, 6.07) is 0. The second-order valence-electron chi connectivity index (χ2n) is 1.77. The molecule has 1 aliphatic heterocycles. The standard InChI is InChI=1S/C4H9NO.2Na.H2O3S2.5H2O/c1-3-6-4-2-5-1;;;1-5(2,3)4;;;;;/h5H,1-4H2;;;(H2,1,2,3,4);5*1H2/q;2*+1;;;;;;/p-2. The minimum Gasteiger partial charge on any atom is -0.780 e. The predicted molar refractivity (Wildman–Crippen MR) is 58.8 cm³/mol. The van der Waals surface area contributed by atoms with E-state index in [9.17, 15) is 0 Å². The maximum atomic E-state index is 8.89. The van der Waals surface area contributed by atoms with E-state index in [4.69, 9.17) is 18.1 Å². The van der Waals surface area contributed by atoms with Crippen LogP contribution in [0, 0.1) is 0 Å². The Morgan fingerprint density at radius 2 is 1.17 bits per heavy atom. The first-order valence-corrected chi connectivity index (χ1v) is 5.28. The first-order valence-electron chi connectivity index (χ1n) is 2.95. The zero-order chi connectivity index (χ0) is 8.74. The van der Waals surface area contributed by atoms with Gasteiger partial charge in [-0.1, -0.05) is 0 Å². The molecule has 0 radical (unpaired) electrons. The minimum absolute atomic E-state index is 0. The molecule has 1 fully saturated rings. The van der Waals surface area contributed by atoms with Gasteiger partial charge in [0.15, 0.2) is 0 Å². The number of rotatable bonds is 0. The molecule has 10 nitrogen and oxygen atoms in total. The average Bonchev–Trinajstić information content (AvgIpc) is 1.88. The van der Waals surface area contributed by atoms with Crippen molar-refractivity contribution in [2.45, 2.75) is 0 Å². The fourth-order valence-corrected chi connectivity index (χ4v) is 0.516. The Morgan fingerprint density at radius 1 is 0.944 bits per heavy atom. The number of ether oxygens (including phenoxy) is 1. The van der Waals surface area contributed by atoms with Gasteiger partial charge in [0, 0.05) is 13.1 Å². The molecule has 0 spiro atoms. The van der Waals surface area contributed by atoms with Gasteiger partial charge < -0.3 is 46.5 Å². The third-order valence-corrected chi connectivity index (χ3v) is 0.846. The molecule has 108 valence electrons. The Bertz CT molecular complexity index is 169. The molecule has 14 heteroatoms. The second-order valence-corrected chi connectivity index (χ2v) is 3.81. The van der Waals surface area contributed by atoms with Crippen molar-refractivity contribution in [3.63, 3.8) is 0 Å². The Morgan fingerprint density at radius 3 is 1.22 bits per heavy atom.